The third-order valence-corrected chi connectivity index (χ3v) is 3.32. The molecule has 2 aromatic rings. The summed E-state index contributed by atoms with van der Waals surface area (Å²) >= 11 is 0. The number of hydrogen-bond acceptors (Lipinski definition) is 3. The molecule has 0 atom stereocenters. The van der Waals surface area contributed by atoms with Crippen LogP contribution < -0.4 is 14.8 Å². The van der Waals surface area contributed by atoms with Crippen LogP contribution in [0.2, 0.25) is 0 Å². The molecule has 0 fully saturated rings. The molecule has 0 radical (unpaired) electrons. The van der Waals surface area contributed by atoms with E-state index in [1.807, 2.05) is 31.2 Å². The fraction of sp³-hybridized carbons (Fsp3) is 0.278. The van der Waals surface area contributed by atoms with E-state index in [4.69, 9.17) is 9.47 Å². The zero-order valence-corrected chi connectivity index (χ0v) is 13.2. The van der Waals surface area contributed by atoms with E-state index in [0.29, 0.717) is 23.7 Å². The van der Waals surface area contributed by atoms with Gasteiger partial charge in [-0.15, -0.1) is 0 Å². The molecule has 4 nitrogen and oxygen atoms in total. The lowest BCUT2D eigenvalue weighted by atomic mass is 10.1. The molecule has 1 N–H and O–H groups in total. The standard InChI is InChI=1S/C18H21NO3/c1-4-13-7-6-8-15(11-13)19-18(20)14-9-10-16(21-3)17(12-14)22-5-2/h6-12H,4-5H2,1-3H3,(H,19,20). The smallest absolute Gasteiger partial charge is 0.255 e. The van der Waals surface area contributed by atoms with Gasteiger partial charge in [0.15, 0.2) is 11.5 Å². The van der Waals surface area contributed by atoms with Gasteiger partial charge in [-0.2, -0.15) is 0 Å². The first-order valence-electron chi connectivity index (χ1n) is 7.39. The van der Waals surface area contributed by atoms with Gasteiger partial charge in [-0.05, 0) is 49.2 Å². The van der Waals surface area contributed by atoms with Gasteiger partial charge >= 0.3 is 0 Å². The average molecular weight is 299 g/mol. The maximum Gasteiger partial charge on any atom is 0.255 e. The first-order valence-corrected chi connectivity index (χ1v) is 7.39. The van der Waals surface area contributed by atoms with Crippen molar-refractivity contribution in [3.63, 3.8) is 0 Å². The Morgan fingerprint density at radius 1 is 1.09 bits per heavy atom. The molecule has 0 unspecified atom stereocenters. The molecule has 0 heterocycles. The van der Waals surface area contributed by atoms with E-state index in [-0.39, 0.29) is 5.91 Å². The van der Waals surface area contributed by atoms with Crippen LogP contribution in [0, 0.1) is 0 Å². The molecule has 0 aromatic heterocycles. The summed E-state index contributed by atoms with van der Waals surface area (Å²) in [7, 11) is 1.58. The summed E-state index contributed by atoms with van der Waals surface area (Å²) in [6.07, 6.45) is 0.931. The number of carbonyl (C=O) groups is 1. The number of anilines is 1. The van der Waals surface area contributed by atoms with Crippen LogP contribution >= 0.6 is 0 Å². The number of rotatable bonds is 6. The van der Waals surface area contributed by atoms with Gasteiger partial charge in [0.05, 0.1) is 13.7 Å². The first kappa shape index (κ1) is 15.9. The highest BCUT2D eigenvalue weighted by Crippen LogP contribution is 2.28. The van der Waals surface area contributed by atoms with Crippen molar-refractivity contribution in [3.05, 3.63) is 53.6 Å². The predicted octanol–water partition coefficient (Wildman–Crippen LogP) is 3.91. The monoisotopic (exact) mass is 299 g/mol. The van der Waals surface area contributed by atoms with Gasteiger partial charge in [0.2, 0.25) is 0 Å². The molecule has 0 bridgehead atoms. The lowest BCUT2D eigenvalue weighted by Crippen LogP contribution is -2.12. The Morgan fingerprint density at radius 2 is 1.91 bits per heavy atom. The van der Waals surface area contributed by atoms with Gasteiger partial charge < -0.3 is 14.8 Å². The van der Waals surface area contributed by atoms with Crippen molar-refractivity contribution in [3.8, 4) is 11.5 Å². The summed E-state index contributed by atoms with van der Waals surface area (Å²) in [5, 5.41) is 2.90. The van der Waals surface area contributed by atoms with Crippen LogP contribution in [0.3, 0.4) is 0 Å². The molecule has 0 aliphatic carbocycles. The molecule has 22 heavy (non-hydrogen) atoms. The van der Waals surface area contributed by atoms with Crippen LogP contribution in [-0.4, -0.2) is 19.6 Å². The predicted molar refractivity (Wildman–Crippen MR) is 87.9 cm³/mol. The van der Waals surface area contributed by atoms with Crippen molar-refractivity contribution in [1.29, 1.82) is 0 Å². The minimum Gasteiger partial charge on any atom is -0.493 e. The van der Waals surface area contributed by atoms with Crippen molar-refractivity contribution in [1.82, 2.24) is 0 Å². The summed E-state index contributed by atoms with van der Waals surface area (Å²) in [5.74, 6) is 1.02. The van der Waals surface area contributed by atoms with E-state index in [1.54, 1.807) is 25.3 Å². The van der Waals surface area contributed by atoms with Gasteiger partial charge in [0.1, 0.15) is 0 Å². The summed E-state index contributed by atoms with van der Waals surface area (Å²) in [4.78, 5) is 12.4. The average Bonchev–Trinajstić information content (AvgIpc) is 2.55. The van der Waals surface area contributed by atoms with Crippen LogP contribution in [0.1, 0.15) is 29.8 Å². The van der Waals surface area contributed by atoms with Crippen LogP contribution in [0.15, 0.2) is 42.5 Å². The van der Waals surface area contributed by atoms with Crippen LogP contribution in [0.25, 0.3) is 0 Å². The normalized spacial score (nSPS) is 10.1. The molecule has 2 rings (SSSR count). The fourth-order valence-electron chi connectivity index (χ4n) is 2.16. The summed E-state index contributed by atoms with van der Waals surface area (Å²) in [5.41, 5.74) is 2.51. The molecule has 0 aliphatic rings. The largest absolute Gasteiger partial charge is 0.493 e. The number of amides is 1. The Balaban J connectivity index is 2.19. The van der Waals surface area contributed by atoms with E-state index in [9.17, 15) is 4.79 Å². The third-order valence-electron chi connectivity index (χ3n) is 3.32. The van der Waals surface area contributed by atoms with E-state index in [1.165, 1.54) is 5.56 Å². The lowest BCUT2D eigenvalue weighted by Gasteiger charge is -2.11. The van der Waals surface area contributed by atoms with Crippen LogP contribution in [0.5, 0.6) is 11.5 Å². The number of aryl methyl sites for hydroxylation is 1. The van der Waals surface area contributed by atoms with E-state index in [0.717, 1.165) is 12.1 Å². The minimum absolute atomic E-state index is 0.170. The summed E-state index contributed by atoms with van der Waals surface area (Å²) < 4.78 is 10.7. The molecule has 0 aliphatic heterocycles. The molecule has 2 aromatic carbocycles. The Bertz CT molecular complexity index is 653. The van der Waals surface area contributed by atoms with Gasteiger partial charge in [-0.3, -0.25) is 4.79 Å². The Labute approximate surface area is 131 Å². The maximum atomic E-state index is 12.4. The molecular formula is C18H21NO3. The lowest BCUT2D eigenvalue weighted by molar-refractivity contribution is 0.102. The highest BCUT2D eigenvalue weighted by atomic mass is 16.5. The molecule has 4 heteroatoms. The van der Waals surface area contributed by atoms with Crippen molar-refractivity contribution < 1.29 is 14.3 Å². The number of benzene rings is 2. The molecule has 0 saturated carbocycles. The Hall–Kier alpha value is -2.49. The van der Waals surface area contributed by atoms with Crippen molar-refractivity contribution in [2.75, 3.05) is 19.0 Å². The van der Waals surface area contributed by atoms with E-state index < -0.39 is 0 Å². The van der Waals surface area contributed by atoms with Crippen molar-refractivity contribution >= 4 is 11.6 Å². The Kier molecular flexibility index (Phi) is 5.42. The topological polar surface area (TPSA) is 47.6 Å². The summed E-state index contributed by atoms with van der Waals surface area (Å²) in [6, 6.07) is 13.0. The van der Waals surface area contributed by atoms with Gasteiger partial charge in [-0.25, -0.2) is 0 Å². The van der Waals surface area contributed by atoms with Crippen molar-refractivity contribution in [2.45, 2.75) is 20.3 Å². The second-order valence-corrected chi connectivity index (χ2v) is 4.81. The molecule has 0 spiro atoms. The number of carbonyl (C=O) groups excluding carboxylic acids is 1. The first-order chi connectivity index (χ1) is 10.7. The number of methoxy groups -OCH3 is 1. The minimum atomic E-state index is -0.170. The SMILES string of the molecule is CCOc1cc(C(=O)Nc2cccc(CC)c2)ccc1OC. The molecule has 0 saturated heterocycles. The van der Waals surface area contributed by atoms with Crippen LogP contribution in [-0.2, 0) is 6.42 Å². The Morgan fingerprint density at radius 3 is 2.59 bits per heavy atom. The molecule has 116 valence electrons. The second-order valence-electron chi connectivity index (χ2n) is 4.81. The zero-order chi connectivity index (χ0) is 15.9. The van der Waals surface area contributed by atoms with Gasteiger partial charge in [0.25, 0.3) is 5.91 Å². The molecular weight excluding hydrogens is 278 g/mol. The van der Waals surface area contributed by atoms with Gasteiger partial charge in [0, 0.05) is 11.3 Å². The van der Waals surface area contributed by atoms with Gasteiger partial charge in [-0.1, -0.05) is 19.1 Å². The quantitative estimate of drug-likeness (QED) is 0.879. The third kappa shape index (κ3) is 3.79. The highest BCUT2D eigenvalue weighted by molar-refractivity contribution is 6.04. The second kappa shape index (κ2) is 7.50. The number of ether oxygens (including phenoxy) is 2. The summed E-state index contributed by atoms with van der Waals surface area (Å²) in [6.45, 7) is 4.49. The molecule has 1 amide bonds. The van der Waals surface area contributed by atoms with Crippen LogP contribution in [0.4, 0.5) is 5.69 Å². The van der Waals surface area contributed by atoms with Crippen molar-refractivity contribution in [2.24, 2.45) is 0 Å². The highest BCUT2D eigenvalue weighted by Gasteiger charge is 2.11. The maximum absolute atomic E-state index is 12.4. The fourth-order valence-corrected chi connectivity index (χ4v) is 2.16. The van der Waals surface area contributed by atoms with E-state index >= 15 is 0 Å². The van der Waals surface area contributed by atoms with E-state index in [2.05, 4.69) is 12.2 Å². The zero-order valence-electron chi connectivity index (χ0n) is 13.2. The number of hydrogen-bond donors (Lipinski definition) is 1. The number of nitrogens with one attached hydrogen (secondary N) is 1.